The van der Waals surface area contributed by atoms with Crippen LogP contribution in [-0.4, -0.2) is 55.3 Å². The first-order valence-corrected chi connectivity index (χ1v) is 7.92. The summed E-state index contributed by atoms with van der Waals surface area (Å²) in [4.78, 5) is 0. The van der Waals surface area contributed by atoms with Crippen LogP contribution in [0.15, 0.2) is 0 Å². The second-order valence-corrected chi connectivity index (χ2v) is 6.99. The molecule has 2 fully saturated rings. The topological polar surface area (TPSA) is 52.6 Å². The van der Waals surface area contributed by atoms with Gasteiger partial charge in [0.2, 0.25) is 0 Å². The summed E-state index contributed by atoms with van der Waals surface area (Å²) in [6, 6.07) is 0.257. The maximum atomic E-state index is 12.5. The molecule has 17 heavy (non-hydrogen) atoms. The number of rotatable bonds is 2. The van der Waals surface area contributed by atoms with Crippen LogP contribution in [0.25, 0.3) is 0 Å². The molecule has 0 unspecified atom stereocenters. The van der Waals surface area contributed by atoms with E-state index in [0.29, 0.717) is 13.1 Å². The first kappa shape index (κ1) is 13.3. The van der Waals surface area contributed by atoms with Gasteiger partial charge in [0.15, 0.2) is 0 Å². The standard InChI is InChI=1S/C11H23N3O2S/c1-10(2)13-8-3-9-14(17(13,15)16)11-4-6-12-7-5-11/h10-12H,3-9H2,1-2H3. The Hall–Kier alpha value is -0.170. The van der Waals surface area contributed by atoms with E-state index in [-0.39, 0.29) is 12.1 Å². The predicted octanol–water partition coefficient (Wildman–Crippen LogP) is 0.399. The highest BCUT2D eigenvalue weighted by Crippen LogP contribution is 2.24. The molecule has 0 spiro atoms. The van der Waals surface area contributed by atoms with Crippen molar-refractivity contribution in [1.82, 2.24) is 13.9 Å². The zero-order valence-corrected chi connectivity index (χ0v) is 11.5. The lowest BCUT2D eigenvalue weighted by Gasteiger charge is -2.41. The Bertz CT molecular complexity index is 350. The molecule has 2 aliphatic rings. The Labute approximate surface area is 104 Å². The van der Waals surface area contributed by atoms with Gasteiger partial charge in [0.05, 0.1) is 0 Å². The molecule has 2 heterocycles. The lowest BCUT2D eigenvalue weighted by atomic mass is 10.1. The van der Waals surface area contributed by atoms with E-state index < -0.39 is 10.2 Å². The first-order valence-electron chi connectivity index (χ1n) is 6.53. The van der Waals surface area contributed by atoms with Crippen LogP contribution in [0.4, 0.5) is 0 Å². The fraction of sp³-hybridized carbons (Fsp3) is 1.00. The predicted molar refractivity (Wildman–Crippen MR) is 68.0 cm³/mol. The van der Waals surface area contributed by atoms with E-state index >= 15 is 0 Å². The quantitative estimate of drug-likeness (QED) is 0.783. The molecule has 0 atom stereocenters. The Balaban J connectivity index is 2.16. The van der Waals surface area contributed by atoms with Crippen molar-refractivity contribution < 1.29 is 8.42 Å². The summed E-state index contributed by atoms with van der Waals surface area (Å²) in [6.07, 6.45) is 2.82. The average molecular weight is 261 g/mol. The van der Waals surface area contributed by atoms with Gasteiger partial charge in [0.25, 0.3) is 10.2 Å². The van der Waals surface area contributed by atoms with Crippen molar-refractivity contribution in [2.45, 2.75) is 45.2 Å². The summed E-state index contributed by atoms with van der Waals surface area (Å²) in [7, 11) is -3.22. The lowest BCUT2D eigenvalue weighted by molar-refractivity contribution is 0.197. The lowest BCUT2D eigenvalue weighted by Crippen LogP contribution is -2.57. The van der Waals surface area contributed by atoms with Crippen LogP contribution in [0.3, 0.4) is 0 Å². The number of hydrogen-bond donors (Lipinski definition) is 1. The molecule has 0 aromatic heterocycles. The van der Waals surface area contributed by atoms with Crippen LogP contribution in [0.1, 0.15) is 33.1 Å². The summed E-state index contributed by atoms with van der Waals surface area (Å²) in [6.45, 7) is 7.11. The van der Waals surface area contributed by atoms with Crippen molar-refractivity contribution >= 4 is 10.2 Å². The van der Waals surface area contributed by atoms with Crippen molar-refractivity contribution in [3.05, 3.63) is 0 Å². The minimum Gasteiger partial charge on any atom is -0.317 e. The van der Waals surface area contributed by atoms with Gasteiger partial charge < -0.3 is 5.32 Å². The van der Waals surface area contributed by atoms with Crippen molar-refractivity contribution in [3.8, 4) is 0 Å². The summed E-state index contributed by atoms with van der Waals surface area (Å²) < 4.78 is 28.3. The summed E-state index contributed by atoms with van der Waals surface area (Å²) in [5.41, 5.74) is 0. The second-order valence-electron chi connectivity index (χ2n) is 5.16. The zero-order chi connectivity index (χ0) is 12.5. The fourth-order valence-corrected chi connectivity index (χ4v) is 4.85. The molecule has 0 aromatic rings. The molecule has 5 nitrogen and oxygen atoms in total. The van der Waals surface area contributed by atoms with E-state index in [1.807, 2.05) is 13.8 Å². The van der Waals surface area contributed by atoms with Gasteiger partial charge in [-0.15, -0.1) is 0 Å². The third-order valence-corrected chi connectivity index (χ3v) is 5.91. The van der Waals surface area contributed by atoms with E-state index in [1.54, 1.807) is 8.61 Å². The molecule has 0 saturated carbocycles. The number of hydrogen-bond acceptors (Lipinski definition) is 3. The molecule has 2 saturated heterocycles. The van der Waals surface area contributed by atoms with Gasteiger partial charge in [-0.25, -0.2) is 0 Å². The molecule has 0 bridgehead atoms. The Kier molecular flexibility index (Phi) is 4.07. The fourth-order valence-electron chi connectivity index (χ4n) is 2.74. The van der Waals surface area contributed by atoms with Crippen LogP contribution in [-0.2, 0) is 10.2 Å². The molecule has 6 heteroatoms. The van der Waals surface area contributed by atoms with Gasteiger partial charge in [-0.2, -0.15) is 17.0 Å². The monoisotopic (exact) mass is 261 g/mol. The number of piperidine rings is 1. The van der Waals surface area contributed by atoms with Gasteiger partial charge in [-0.05, 0) is 46.2 Å². The first-order chi connectivity index (χ1) is 8.03. The zero-order valence-electron chi connectivity index (χ0n) is 10.7. The average Bonchev–Trinajstić information content (AvgIpc) is 2.28. The Morgan fingerprint density at radius 2 is 1.82 bits per heavy atom. The minimum absolute atomic E-state index is 0.0597. The molecule has 2 rings (SSSR count). The molecule has 100 valence electrons. The van der Waals surface area contributed by atoms with Crippen molar-refractivity contribution in [1.29, 1.82) is 0 Å². The third kappa shape index (κ3) is 2.65. The molecule has 0 aliphatic carbocycles. The van der Waals surface area contributed by atoms with E-state index in [2.05, 4.69) is 5.32 Å². The highest BCUT2D eigenvalue weighted by molar-refractivity contribution is 7.86. The van der Waals surface area contributed by atoms with Gasteiger partial charge in [0, 0.05) is 25.2 Å². The molecule has 1 N–H and O–H groups in total. The molecule has 0 radical (unpaired) electrons. The highest BCUT2D eigenvalue weighted by Gasteiger charge is 2.39. The van der Waals surface area contributed by atoms with Crippen LogP contribution >= 0.6 is 0 Å². The second kappa shape index (κ2) is 5.22. The molecule has 0 amide bonds. The van der Waals surface area contributed by atoms with E-state index in [1.165, 1.54) is 0 Å². The summed E-state index contributed by atoms with van der Waals surface area (Å²) in [5, 5.41) is 3.28. The van der Waals surface area contributed by atoms with Crippen LogP contribution in [0, 0.1) is 0 Å². The molecular formula is C11H23N3O2S. The number of nitrogens with one attached hydrogen (secondary N) is 1. The molecule has 0 aromatic carbocycles. The van der Waals surface area contributed by atoms with Crippen LogP contribution in [0.5, 0.6) is 0 Å². The highest BCUT2D eigenvalue weighted by atomic mass is 32.2. The Morgan fingerprint density at radius 3 is 2.41 bits per heavy atom. The van der Waals surface area contributed by atoms with Crippen LogP contribution in [0.2, 0.25) is 0 Å². The van der Waals surface area contributed by atoms with Crippen molar-refractivity contribution in [2.75, 3.05) is 26.2 Å². The largest absolute Gasteiger partial charge is 0.317 e. The van der Waals surface area contributed by atoms with E-state index in [4.69, 9.17) is 0 Å². The maximum absolute atomic E-state index is 12.5. The minimum atomic E-state index is -3.22. The maximum Gasteiger partial charge on any atom is 0.282 e. The Morgan fingerprint density at radius 1 is 1.18 bits per heavy atom. The van der Waals surface area contributed by atoms with Crippen molar-refractivity contribution in [2.24, 2.45) is 0 Å². The van der Waals surface area contributed by atoms with Crippen molar-refractivity contribution in [3.63, 3.8) is 0 Å². The summed E-state index contributed by atoms with van der Waals surface area (Å²) >= 11 is 0. The van der Waals surface area contributed by atoms with Gasteiger partial charge in [-0.3, -0.25) is 0 Å². The number of nitrogens with zero attached hydrogens (tertiary/aromatic N) is 2. The van der Waals surface area contributed by atoms with Gasteiger partial charge in [0.1, 0.15) is 0 Å². The summed E-state index contributed by atoms with van der Waals surface area (Å²) in [5.74, 6) is 0. The van der Waals surface area contributed by atoms with E-state index in [9.17, 15) is 8.42 Å². The SMILES string of the molecule is CC(C)N1CCCN(C2CCNCC2)S1(=O)=O. The van der Waals surface area contributed by atoms with Crippen LogP contribution < -0.4 is 5.32 Å². The molecular weight excluding hydrogens is 238 g/mol. The van der Waals surface area contributed by atoms with Gasteiger partial charge in [-0.1, -0.05) is 0 Å². The molecule has 2 aliphatic heterocycles. The normalized spacial score (nSPS) is 28.6. The smallest absolute Gasteiger partial charge is 0.282 e. The third-order valence-electron chi connectivity index (χ3n) is 3.64. The van der Waals surface area contributed by atoms with E-state index in [0.717, 1.165) is 32.4 Å². The van der Waals surface area contributed by atoms with Gasteiger partial charge >= 0.3 is 0 Å².